The Bertz CT molecular complexity index is 793. The van der Waals surface area contributed by atoms with E-state index in [1.54, 1.807) is 0 Å². The monoisotopic (exact) mass is 388 g/mol. The first-order chi connectivity index (χ1) is 12.0. The molecule has 0 N–H and O–H groups in total. The summed E-state index contributed by atoms with van der Waals surface area (Å²) in [6, 6.07) is 14.5. The van der Waals surface area contributed by atoms with E-state index in [0.717, 1.165) is 22.9 Å². The molecule has 0 spiro atoms. The highest BCUT2D eigenvalue weighted by atomic mass is 35.5. The van der Waals surface area contributed by atoms with Gasteiger partial charge in [-0.1, -0.05) is 57.5 Å². The molecule has 0 aromatic heterocycles. The van der Waals surface area contributed by atoms with Crippen LogP contribution in [0.1, 0.15) is 38.8 Å². The van der Waals surface area contributed by atoms with Gasteiger partial charge in [-0.2, -0.15) is 0 Å². The van der Waals surface area contributed by atoms with Crippen LogP contribution in [-0.2, 0) is 11.8 Å². The van der Waals surface area contributed by atoms with Gasteiger partial charge in [-0.15, -0.1) is 0 Å². The summed E-state index contributed by atoms with van der Waals surface area (Å²) in [5.41, 5.74) is 2.51. The summed E-state index contributed by atoms with van der Waals surface area (Å²) in [4.78, 5) is 0. The molecule has 0 aliphatic carbocycles. The summed E-state index contributed by atoms with van der Waals surface area (Å²) >= 11 is 6.09. The molecule has 1 aliphatic heterocycles. The van der Waals surface area contributed by atoms with Crippen molar-refractivity contribution < 1.29 is 9.16 Å². The first kappa shape index (κ1) is 19.3. The SMILES string of the molecule is CC(C)(C)[Si](C)(C)Oc1ccc(C[C@]2(C)COc3cc(Cl)ccc32)cc1. The van der Waals surface area contributed by atoms with Gasteiger partial charge < -0.3 is 9.16 Å². The quantitative estimate of drug-likeness (QED) is 0.548. The van der Waals surface area contributed by atoms with Gasteiger partial charge in [-0.25, -0.2) is 0 Å². The molecule has 2 nitrogen and oxygen atoms in total. The fraction of sp³-hybridized carbons (Fsp3) is 0.455. The van der Waals surface area contributed by atoms with Crippen LogP contribution in [-0.4, -0.2) is 14.9 Å². The van der Waals surface area contributed by atoms with Crippen molar-refractivity contribution in [1.29, 1.82) is 0 Å². The van der Waals surface area contributed by atoms with Gasteiger partial charge in [0.05, 0.1) is 6.61 Å². The summed E-state index contributed by atoms with van der Waals surface area (Å²) in [5.74, 6) is 1.89. The Morgan fingerprint density at radius 1 is 1.12 bits per heavy atom. The molecule has 2 aromatic carbocycles. The van der Waals surface area contributed by atoms with Crippen molar-refractivity contribution in [3.05, 3.63) is 58.6 Å². The lowest BCUT2D eigenvalue weighted by Crippen LogP contribution is -2.43. The summed E-state index contributed by atoms with van der Waals surface area (Å²) in [7, 11) is -1.80. The molecule has 0 bridgehead atoms. The first-order valence-corrected chi connectivity index (χ1v) is 12.5. The van der Waals surface area contributed by atoms with Crippen molar-refractivity contribution in [2.75, 3.05) is 6.61 Å². The summed E-state index contributed by atoms with van der Waals surface area (Å²) in [6.45, 7) is 14.3. The predicted molar refractivity (Wildman–Crippen MR) is 112 cm³/mol. The number of halogens is 1. The molecule has 2 aromatic rings. The van der Waals surface area contributed by atoms with Crippen molar-refractivity contribution >= 4 is 19.9 Å². The Morgan fingerprint density at radius 3 is 2.38 bits per heavy atom. The van der Waals surface area contributed by atoms with E-state index in [9.17, 15) is 0 Å². The van der Waals surface area contributed by atoms with Crippen LogP contribution >= 0.6 is 11.6 Å². The van der Waals surface area contributed by atoms with Gasteiger partial charge in [0, 0.05) is 16.0 Å². The van der Waals surface area contributed by atoms with E-state index < -0.39 is 8.32 Å². The molecule has 0 unspecified atom stereocenters. The summed E-state index contributed by atoms with van der Waals surface area (Å²) in [5, 5.41) is 0.922. The van der Waals surface area contributed by atoms with E-state index in [2.05, 4.69) is 71.1 Å². The molecule has 0 amide bonds. The van der Waals surface area contributed by atoms with E-state index in [1.807, 2.05) is 12.1 Å². The summed E-state index contributed by atoms with van der Waals surface area (Å²) < 4.78 is 12.3. The highest BCUT2D eigenvalue weighted by molar-refractivity contribution is 6.74. The topological polar surface area (TPSA) is 18.5 Å². The number of rotatable bonds is 4. The van der Waals surface area contributed by atoms with Gasteiger partial charge in [0.1, 0.15) is 11.5 Å². The Balaban J connectivity index is 1.75. The minimum absolute atomic E-state index is 0.0261. The van der Waals surface area contributed by atoms with E-state index in [-0.39, 0.29) is 10.5 Å². The molecule has 1 atom stereocenters. The zero-order valence-electron chi connectivity index (χ0n) is 16.7. The highest BCUT2D eigenvalue weighted by Gasteiger charge is 2.39. The Kier molecular flexibility index (Phi) is 4.91. The van der Waals surface area contributed by atoms with Crippen LogP contribution < -0.4 is 9.16 Å². The lowest BCUT2D eigenvalue weighted by Gasteiger charge is -2.36. The van der Waals surface area contributed by atoms with E-state index in [4.69, 9.17) is 20.8 Å². The lowest BCUT2D eigenvalue weighted by molar-refractivity contribution is 0.277. The predicted octanol–water partition coefficient (Wildman–Crippen LogP) is 6.62. The standard InChI is InChI=1S/C22H29ClO2Si/c1-21(2,3)26(5,6)25-18-10-7-16(8-11-18)14-22(4)15-24-20-13-17(23)9-12-19(20)22/h7-13H,14-15H2,1-6H3/t22-/m1/s1. The van der Waals surface area contributed by atoms with Gasteiger partial charge in [0.2, 0.25) is 8.32 Å². The van der Waals surface area contributed by atoms with Crippen LogP contribution in [0.4, 0.5) is 0 Å². The molecular formula is C22H29ClO2Si. The molecule has 1 heterocycles. The molecule has 0 saturated heterocycles. The molecule has 0 saturated carbocycles. The molecular weight excluding hydrogens is 360 g/mol. The third-order valence-corrected chi connectivity index (χ3v) is 10.4. The second kappa shape index (κ2) is 6.61. The maximum absolute atomic E-state index is 6.39. The van der Waals surface area contributed by atoms with Gasteiger partial charge >= 0.3 is 0 Å². The molecule has 1 aliphatic rings. The maximum Gasteiger partial charge on any atom is 0.250 e. The normalized spacial score (nSPS) is 19.8. The van der Waals surface area contributed by atoms with Crippen molar-refractivity contribution in [2.24, 2.45) is 0 Å². The molecule has 26 heavy (non-hydrogen) atoms. The van der Waals surface area contributed by atoms with Gasteiger partial charge in [-0.3, -0.25) is 0 Å². The van der Waals surface area contributed by atoms with Gasteiger partial charge in [0.25, 0.3) is 0 Å². The minimum atomic E-state index is -1.80. The third-order valence-electron chi connectivity index (χ3n) is 5.84. The van der Waals surface area contributed by atoms with Crippen LogP contribution in [0.5, 0.6) is 11.5 Å². The van der Waals surface area contributed by atoms with Crippen LogP contribution in [0.2, 0.25) is 23.2 Å². The van der Waals surface area contributed by atoms with Crippen LogP contribution in [0.25, 0.3) is 0 Å². The first-order valence-electron chi connectivity index (χ1n) is 9.21. The average Bonchev–Trinajstić information content (AvgIpc) is 2.84. The Labute approximate surface area is 163 Å². The van der Waals surface area contributed by atoms with Gasteiger partial charge in [-0.05, 0) is 54.4 Å². The number of benzene rings is 2. The van der Waals surface area contributed by atoms with Crippen LogP contribution in [0, 0.1) is 0 Å². The van der Waals surface area contributed by atoms with Crippen molar-refractivity contribution in [3.63, 3.8) is 0 Å². The zero-order chi connectivity index (χ0) is 19.2. The number of ether oxygens (including phenoxy) is 1. The smallest absolute Gasteiger partial charge is 0.250 e. The second-order valence-electron chi connectivity index (χ2n) is 9.17. The lowest BCUT2D eigenvalue weighted by atomic mass is 9.79. The average molecular weight is 389 g/mol. The molecule has 0 radical (unpaired) electrons. The second-order valence-corrected chi connectivity index (χ2v) is 14.3. The molecule has 3 rings (SSSR count). The Hall–Kier alpha value is -1.45. The zero-order valence-corrected chi connectivity index (χ0v) is 18.4. The Morgan fingerprint density at radius 2 is 1.77 bits per heavy atom. The van der Waals surface area contributed by atoms with Crippen molar-refractivity contribution in [2.45, 2.75) is 57.7 Å². The van der Waals surface area contributed by atoms with Crippen molar-refractivity contribution in [3.8, 4) is 11.5 Å². The number of hydrogen-bond donors (Lipinski definition) is 0. The van der Waals surface area contributed by atoms with E-state index in [0.29, 0.717) is 6.61 Å². The largest absolute Gasteiger partial charge is 0.544 e. The summed E-state index contributed by atoms with van der Waals surface area (Å²) in [6.07, 6.45) is 0.933. The fourth-order valence-electron chi connectivity index (χ4n) is 3.15. The van der Waals surface area contributed by atoms with Gasteiger partial charge in [0.15, 0.2) is 0 Å². The van der Waals surface area contributed by atoms with E-state index in [1.165, 1.54) is 11.1 Å². The van der Waals surface area contributed by atoms with E-state index >= 15 is 0 Å². The highest BCUT2D eigenvalue weighted by Crippen LogP contribution is 2.42. The fourth-order valence-corrected chi connectivity index (χ4v) is 4.34. The number of hydrogen-bond acceptors (Lipinski definition) is 2. The van der Waals surface area contributed by atoms with Crippen LogP contribution in [0.3, 0.4) is 0 Å². The minimum Gasteiger partial charge on any atom is -0.544 e. The van der Waals surface area contributed by atoms with Crippen molar-refractivity contribution in [1.82, 2.24) is 0 Å². The molecule has 4 heteroatoms. The third kappa shape index (κ3) is 3.79. The number of fused-ring (bicyclic) bond motifs is 1. The van der Waals surface area contributed by atoms with Crippen LogP contribution in [0.15, 0.2) is 42.5 Å². The maximum atomic E-state index is 6.39. The molecule has 140 valence electrons. The molecule has 0 fully saturated rings.